The number of nitrogens with two attached hydrogens (primary N) is 1. The predicted octanol–water partition coefficient (Wildman–Crippen LogP) is 3.22. The van der Waals surface area contributed by atoms with Crippen LogP contribution in [-0.2, 0) is 16.0 Å². The number of tetrazole rings is 1. The third kappa shape index (κ3) is 7.40. The van der Waals surface area contributed by atoms with Crippen LogP contribution in [0.3, 0.4) is 0 Å². The smallest absolute Gasteiger partial charge is 0.251 e. The molecule has 7 rings (SSSR count). The van der Waals surface area contributed by atoms with Crippen molar-refractivity contribution in [2.24, 2.45) is 29.4 Å². The zero-order valence-electron chi connectivity index (χ0n) is 27.6. The van der Waals surface area contributed by atoms with Crippen LogP contribution < -0.4 is 27.0 Å². The highest BCUT2D eigenvalue weighted by Gasteiger charge is 2.53. The molecule has 2 heterocycles. The quantitative estimate of drug-likeness (QED) is 0.142. The van der Waals surface area contributed by atoms with Gasteiger partial charge in [-0.25, -0.2) is 0 Å². The minimum Gasteiger partial charge on any atom is -0.349 e. The molecule has 3 aromatic carbocycles. The van der Waals surface area contributed by atoms with Crippen LogP contribution in [0.25, 0.3) is 22.5 Å². The average molecular weight is 662 g/mol. The Morgan fingerprint density at radius 3 is 2.29 bits per heavy atom. The summed E-state index contributed by atoms with van der Waals surface area (Å²) in [6.07, 6.45) is 3.71. The van der Waals surface area contributed by atoms with Crippen molar-refractivity contribution in [2.75, 3.05) is 25.0 Å². The van der Waals surface area contributed by atoms with Gasteiger partial charge in [0.1, 0.15) is 6.04 Å². The number of H-pyrrole nitrogens is 1. The first-order chi connectivity index (χ1) is 23.9. The molecule has 3 amide bonds. The van der Waals surface area contributed by atoms with Gasteiger partial charge in [-0.1, -0.05) is 30.3 Å². The Kier molecular flexibility index (Phi) is 9.49. The van der Waals surface area contributed by atoms with Crippen LogP contribution in [0.15, 0.2) is 66.7 Å². The Balaban J connectivity index is 1.03. The lowest BCUT2D eigenvalue weighted by atomic mass is 9.81. The molecule has 0 radical (unpaired) electrons. The van der Waals surface area contributed by atoms with E-state index in [2.05, 4.69) is 41.9 Å². The molecule has 1 saturated heterocycles. The van der Waals surface area contributed by atoms with Gasteiger partial charge in [-0.15, -0.1) is 10.2 Å². The molecule has 0 bridgehead atoms. The van der Waals surface area contributed by atoms with E-state index in [-0.39, 0.29) is 29.7 Å². The maximum absolute atomic E-state index is 13.7. The Labute approximate surface area is 285 Å². The van der Waals surface area contributed by atoms with Gasteiger partial charge in [0.05, 0.1) is 0 Å². The lowest BCUT2D eigenvalue weighted by molar-refractivity contribution is -0.130. The Morgan fingerprint density at radius 1 is 0.918 bits per heavy atom. The van der Waals surface area contributed by atoms with E-state index in [0.717, 1.165) is 66.6 Å². The van der Waals surface area contributed by atoms with Crippen molar-refractivity contribution in [1.29, 1.82) is 0 Å². The molecule has 4 aromatic rings. The van der Waals surface area contributed by atoms with Gasteiger partial charge >= 0.3 is 0 Å². The lowest BCUT2D eigenvalue weighted by Crippen LogP contribution is -2.48. The molecule has 3 fully saturated rings. The fraction of sp³-hybridized carbons (Fsp3) is 0.405. The summed E-state index contributed by atoms with van der Waals surface area (Å²) in [7, 11) is 0. The number of rotatable bonds is 11. The average Bonchev–Trinajstić information content (AvgIpc) is 3.52. The summed E-state index contributed by atoms with van der Waals surface area (Å²) in [6.45, 7) is 4.62. The number of nitrogens with one attached hydrogen (secondary N) is 5. The van der Waals surface area contributed by atoms with E-state index < -0.39 is 6.04 Å². The SMILES string of the molecule is Cc1cc(C(=O)NC2C3CNCC32)ccc1-c1ccc(CC(NC(=O)C2CCC(CN)CC2)C(=O)Nc2ccc(-c3nn[nH]n3)cc2)cc1. The second-order valence-corrected chi connectivity index (χ2v) is 13.7. The summed E-state index contributed by atoms with van der Waals surface area (Å²) < 4.78 is 0. The number of aromatic amines is 1. The Hall–Kier alpha value is -4.94. The first-order valence-corrected chi connectivity index (χ1v) is 17.2. The van der Waals surface area contributed by atoms with Gasteiger partial charge in [0.15, 0.2) is 0 Å². The number of anilines is 1. The molecule has 0 spiro atoms. The number of fused-ring (bicyclic) bond motifs is 1. The molecule has 1 aliphatic heterocycles. The fourth-order valence-corrected chi connectivity index (χ4v) is 7.43. The number of carbonyl (C=O) groups is 3. The summed E-state index contributed by atoms with van der Waals surface area (Å²) >= 11 is 0. The molecule has 49 heavy (non-hydrogen) atoms. The number of hydrogen-bond acceptors (Lipinski definition) is 8. The highest BCUT2D eigenvalue weighted by molar-refractivity contribution is 5.98. The maximum atomic E-state index is 13.7. The van der Waals surface area contributed by atoms with E-state index in [1.165, 1.54) is 0 Å². The number of carbonyl (C=O) groups excluding carboxylic acids is 3. The van der Waals surface area contributed by atoms with Crippen LogP contribution in [0.4, 0.5) is 5.69 Å². The standard InChI is InChI=1S/C37H43N9O3/c1-21-16-27(36(48)42-33-30-19-39-20-31(30)33)12-15-29(21)24-6-2-22(3-7-24)17-32(41-35(47)26-8-4-23(18-38)5-9-26)37(49)40-28-13-10-25(11-14-28)34-43-45-46-44-34/h2-3,6-7,10-16,23,26,30-33,39H,4-5,8-9,17-20,38H2,1H3,(H,40,49)(H,41,47)(H,42,48)(H,43,44,45,46). The summed E-state index contributed by atoms with van der Waals surface area (Å²) in [5, 5.41) is 26.6. The minimum absolute atomic E-state index is 0.0221. The molecule has 7 N–H and O–H groups in total. The molecule has 12 heteroatoms. The maximum Gasteiger partial charge on any atom is 0.251 e. The van der Waals surface area contributed by atoms with Crippen molar-refractivity contribution < 1.29 is 14.4 Å². The highest BCUT2D eigenvalue weighted by atomic mass is 16.2. The number of benzene rings is 3. The topological polar surface area (TPSA) is 180 Å². The van der Waals surface area contributed by atoms with Crippen molar-refractivity contribution in [2.45, 2.75) is 51.1 Å². The normalized spacial score (nSPS) is 23.3. The summed E-state index contributed by atoms with van der Waals surface area (Å²) in [5.41, 5.74) is 11.9. The van der Waals surface area contributed by atoms with E-state index in [1.807, 2.05) is 49.4 Å². The van der Waals surface area contributed by atoms with Crippen molar-refractivity contribution in [3.8, 4) is 22.5 Å². The van der Waals surface area contributed by atoms with Gasteiger partial charge in [-0.3, -0.25) is 14.4 Å². The molecule has 1 aromatic heterocycles. The van der Waals surface area contributed by atoms with Crippen molar-refractivity contribution >= 4 is 23.4 Å². The molecular formula is C37H43N9O3. The van der Waals surface area contributed by atoms with Gasteiger partial charge in [0.2, 0.25) is 17.6 Å². The second-order valence-electron chi connectivity index (χ2n) is 13.7. The monoisotopic (exact) mass is 661 g/mol. The third-order valence-electron chi connectivity index (χ3n) is 10.5. The lowest BCUT2D eigenvalue weighted by Gasteiger charge is -2.28. The first kappa shape index (κ1) is 32.6. The van der Waals surface area contributed by atoms with Crippen molar-refractivity contribution in [3.05, 3.63) is 83.4 Å². The number of piperidine rings is 1. The summed E-state index contributed by atoms with van der Waals surface area (Å²) in [5.74, 6) is 1.49. The second kappa shape index (κ2) is 14.3. The molecule has 3 aliphatic rings. The first-order valence-electron chi connectivity index (χ1n) is 17.2. The van der Waals surface area contributed by atoms with E-state index in [4.69, 9.17) is 5.73 Å². The van der Waals surface area contributed by atoms with Gasteiger partial charge in [-0.2, -0.15) is 5.21 Å². The summed E-state index contributed by atoms with van der Waals surface area (Å²) in [4.78, 5) is 40.0. The molecule has 254 valence electrons. The van der Waals surface area contributed by atoms with E-state index in [1.54, 1.807) is 24.3 Å². The fourth-order valence-electron chi connectivity index (χ4n) is 7.43. The molecule has 2 aliphatic carbocycles. The summed E-state index contributed by atoms with van der Waals surface area (Å²) in [6, 6.07) is 20.5. The van der Waals surface area contributed by atoms with Gasteiger partial charge < -0.3 is 27.0 Å². The van der Waals surface area contributed by atoms with E-state index >= 15 is 0 Å². The zero-order chi connectivity index (χ0) is 33.9. The zero-order valence-corrected chi connectivity index (χ0v) is 27.6. The van der Waals surface area contributed by atoms with Crippen LogP contribution >= 0.6 is 0 Å². The number of hydrogen-bond donors (Lipinski definition) is 6. The van der Waals surface area contributed by atoms with Crippen molar-refractivity contribution in [3.63, 3.8) is 0 Å². The van der Waals surface area contributed by atoms with Crippen molar-refractivity contribution in [1.82, 2.24) is 36.6 Å². The van der Waals surface area contributed by atoms with E-state index in [0.29, 0.717) is 47.8 Å². The molecule has 2 saturated carbocycles. The largest absolute Gasteiger partial charge is 0.349 e. The number of nitrogens with zero attached hydrogens (tertiary/aromatic N) is 3. The van der Waals surface area contributed by atoms with Crippen LogP contribution in [0.1, 0.15) is 47.2 Å². The van der Waals surface area contributed by atoms with Crippen LogP contribution in [0, 0.1) is 30.6 Å². The van der Waals surface area contributed by atoms with Crippen LogP contribution in [0.5, 0.6) is 0 Å². The number of aromatic nitrogens is 4. The molecular weight excluding hydrogens is 618 g/mol. The van der Waals surface area contributed by atoms with Crippen LogP contribution in [-0.4, -0.2) is 70.1 Å². The predicted molar refractivity (Wildman–Crippen MR) is 186 cm³/mol. The van der Waals surface area contributed by atoms with Crippen LogP contribution in [0.2, 0.25) is 0 Å². The molecule has 3 unspecified atom stereocenters. The van der Waals surface area contributed by atoms with Gasteiger partial charge in [0.25, 0.3) is 5.91 Å². The molecule has 12 nitrogen and oxygen atoms in total. The minimum atomic E-state index is -0.774. The van der Waals surface area contributed by atoms with Gasteiger partial charge in [0, 0.05) is 48.3 Å². The van der Waals surface area contributed by atoms with E-state index in [9.17, 15) is 14.4 Å². The highest BCUT2D eigenvalue weighted by Crippen LogP contribution is 2.41. The number of amides is 3. The number of aryl methyl sites for hydroxylation is 1. The third-order valence-corrected chi connectivity index (χ3v) is 10.5. The van der Waals surface area contributed by atoms with Gasteiger partial charge in [-0.05, 0) is 121 Å². The molecule has 3 atom stereocenters. The Bertz CT molecular complexity index is 1770. The Morgan fingerprint density at radius 2 is 1.63 bits per heavy atom.